The molecule has 1 saturated heterocycles. The Morgan fingerprint density at radius 3 is 2.55 bits per heavy atom. The Kier molecular flexibility index (Phi) is 3.77. The van der Waals surface area contributed by atoms with Crippen LogP contribution in [0.2, 0.25) is 0 Å². The van der Waals surface area contributed by atoms with Crippen LogP contribution in [0.3, 0.4) is 0 Å². The molecule has 1 aromatic rings. The summed E-state index contributed by atoms with van der Waals surface area (Å²) in [6.07, 6.45) is -0.743. The van der Waals surface area contributed by atoms with Crippen LogP contribution in [0.25, 0.3) is 0 Å². The highest BCUT2D eigenvalue weighted by Gasteiger charge is 2.47. The minimum atomic E-state index is -4.21. The van der Waals surface area contributed by atoms with Gasteiger partial charge in [0.1, 0.15) is 6.04 Å². The molecule has 0 spiro atoms. The zero-order valence-electron chi connectivity index (χ0n) is 10.6. The molecule has 2 rings (SSSR count). The fraction of sp³-hybridized carbons (Fsp3) is 0.417. The van der Waals surface area contributed by atoms with Gasteiger partial charge in [-0.1, -0.05) is 17.7 Å². The lowest BCUT2D eigenvalue weighted by atomic mass is 10.2. The topological polar surface area (TPSA) is 70.4 Å². The third-order valence-corrected chi connectivity index (χ3v) is 4.12. The summed E-state index contributed by atoms with van der Waals surface area (Å²) >= 11 is 0. The van der Waals surface area contributed by atoms with Gasteiger partial charge in [0.25, 0.3) is 5.92 Å². The maximum absolute atomic E-state index is 13.2. The lowest BCUT2D eigenvalue weighted by molar-refractivity contribution is -0.0779. The van der Waals surface area contributed by atoms with Crippen molar-refractivity contribution in [1.29, 1.82) is 5.26 Å². The van der Waals surface area contributed by atoms with Crippen LogP contribution in [0.15, 0.2) is 29.2 Å². The molecule has 0 saturated carbocycles. The summed E-state index contributed by atoms with van der Waals surface area (Å²) in [5.41, 5.74) is 0.853. The Bertz CT molecular complexity index is 638. The van der Waals surface area contributed by atoms with Crippen LogP contribution in [0.4, 0.5) is 8.78 Å². The van der Waals surface area contributed by atoms with Crippen LogP contribution in [-0.2, 0) is 14.4 Å². The lowest BCUT2D eigenvalue weighted by Crippen LogP contribution is -2.32. The van der Waals surface area contributed by atoms with E-state index in [1.165, 1.54) is 12.1 Å². The molecule has 1 heterocycles. The second-order valence-electron chi connectivity index (χ2n) is 4.62. The summed E-state index contributed by atoms with van der Waals surface area (Å²) in [7, 11) is -4.21. The summed E-state index contributed by atoms with van der Waals surface area (Å²) in [5.74, 6) is -3.14. The highest BCUT2D eigenvalue weighted by Crippen LogP contribution is 2.33. The van der Waals surface area contributed by atoms with Gasteiger partial charge in [-0.2, -0.15) is 18.0 Å². The predicted octanol–water partition coefficient (Wildman–Crippen LogP) is 1.85. The molecule has 0 amide bonds. The van der Waals surface area contributed by atoms with Gasteiger partial charge in [0.2, 0.25) is 0 Å². The first-order chi connectivity index (χ1) is 9.23. The van der Waals surface area contributed by atoms with Crippen molar-refractivity contribution < 1.29 is 21.5 Å². The van der Waals surface area contributed by atoms with Crippen LogP contribution < -0.4 is 0 Å². The normalized spacial score (nSPS) is 22.6. The van der Waals surface area contributed by atoms with Gasteiger partial charge < -0.3 is 0 Å². The molecule has 108 valence electrons. The molecular weight excluding hydrogens is 290 g/mol. The van der Waals surface area contributed by atoms with Gasteiger partial charge in [-0.3, -0.25) is 0 Å². The van der Waals surface area contributed by atoms with E-state index in [1.807, 2.05) is 0 Å². The number of hydrogen-bond donors (Lipinski definition) is 0. The first kappa shape index (κ1) is 14.8. The van der Waals surface area contributed by atoms with E-state index in [1.54, 1.807) is 25.1 Å². The second-order valence-corrected chi connectivity index (χ2v) is 6.15. The zero-order chi connectivity index (χ0) is 15.0. The Morgan fingerprint density at radius 2 is 2.00 bits per heavy atom. The van der Waals surface area contributed by atoms with Gasteiger partial charge >= 0.3 is 10.1 Å². The van der Waals surface area contributed by atoms with Gasteiger partial charge in [0.15, 0.2) is 0 Å². The van der Waals surface area contributed by atoms with Gasteiger partial charge in [-0.25, -0.2) is 8.78 Å². The molecule has 1 fully saturated rings. The number of hydrogen-bond acceptors (Lipinski definition) is 5. The van der Waals surface area contributed by atoms with Crippen LogP contribution >= 0.6 is 0 Å². The Balaban J connectivity index is 2.21. The van der Waals surface area contributed by atoms with E-state index in [0.717, 1.165) is 5.56 Å². The van der Waals surface area contributed by atoms with Crippen molar-refractivity contribution in [3.05, 3.63) is 29.8 Å². The molecule has 1 aromatic carbocycles. The fourth-order valence-electron chi connectivity index (χ4n) is 1.85. The molecule has 1 aliphatic heterocycles. The predicted molar refractivity (Wildman–Crippen MR) is 65.1 cm³/mol. The average Bonchev–Trinajstić information content (AvgIpc) is 2.63. The molecule has 0 aromatic heterocycles. The van der Waals surface area contributed by atoms with Crippen molar-refractivity contribution in [2.75, 3.05) is 6.54 Å². The van der Waals surface area contributed by atoms with Crippen molar-refractivity contribution in [2.45, 2.75) is 30.2 Å². The van der Waals surface area contributed by atoms with Crippen LogP contribution in [0, 0.1) is 18.3 Å². The number of benzene rings is 1. The summed E-state index contributed by atoms with van der Waals surface area (Å²) < 4.78 is 55.0. The highest BCUT2D eigenvalue weighted by molar-refractivity contribution is 7.86. The van der Waals surface area contributed by atoms with Crippen molar-refractivity contribution in [3.63, 3.8) is 0 Å². The summed E-state index contributed by atoms with van der Waals surface area (Å²) in [4.78, 5) is -0.144. The molecule has 5 nitrogen and oxygen atoms in total. The average molecular weight is 302 g/mol. The summed E-state index contributed by atoms with van der Waals surface area (Å²) in [5, 5.41) is 9.30. The highest BCUT2D eigenvalue weighted by atomic mass is 32.2. The number of halogens is 2. The Morgan fingerprint density at radius 1 is 1.40 bits per heavy atom. The maximum atomic E-state index is 13.2. The molecule has 1 atom stereocenters. The third kappa shape index (κ3) is 3.12. The molecule has 8 heteroatoms. The van der Waals surface area contributed by atoms with E-state index in [4.69, 9.17) is 5.26 Å². The van der Waals surface area contributed by atoms with Gasteiger partial charge in [-0.05, 0) is 19.1 Å². The van der Waals surface area contributed by atoms with Crippen molar-refractivity contribution in [3.8, 4) is 6.07 Å². The number of rotatable bonds is 3. The Labute approximate surface area is 115 Å². The number of nitriles is 1. The first-order valence-corrected chi connectivity index (χ1v) is 7.20. The second kappa shape index (κ2) is 5.09. The molecule has 0 N–H and O–H groups in total. The number of nitrogens with zero attached hydrogens (tertiary/aromatic N) is 2. The van der Waals surface area contributed by atoms with Crippen molar-refractivity contribution >= 4 is 10.1 Å². The lowest BCUT2D eigenvalue weighted by Gasteiger charge is -2.17. The number of hydroxylamine groups is 2. The quantitative estimate of drug-likeness (QED) is 0.852. The largest absolute Gasteiger partial charge is 0.313 e. The summed E-state index contributed by atoms with van der Waals surface area (Å²) in [6, 6.07) is 6.09. The number of aryl methyl sites for hydroxylation is 1. The van der Waals surface area contributed by atoms with E-state index >= 15 is 0 Å². The monoisotopic (exact) mass is 302 g/mol. The zero-order valence-corrected chi connectivity index (χ0v) is 11.4. The van der Waals surface area contributed by atoms with Gasteiger partial charge in [0, 0.05) is 6.42 Å². The van der Waals surface area contributed by atoms with E-state index < -0.39 is 35.0 Å². The molecular formula is C12H12F2N2O3S. The van der Waals surface area contributed by atoms with E-state index in [-0.39, 0.29) is 4.90 Å². The van der Waals surface area contributed by atoms with Crippen LogP contribution in [0.1, 0.15) is 12.0 Å². The van der Waals surface area contributed by atoms with E-state index in [2.05, 4.69) is 4.28 Å². The van der Waals surface area contributed by atoms with Gasteiger partial charge in [-0.15, -0.1) is 5.06 Å². The Hall–Kier alpha value is -1.56. The summed E-state index contributed by atoms with van der Waals surface area (Å²) in [6.45, 7) is 0.861. The van der Waals surface area contributed by atoms with Gasteiger partial charge in [0.05, 0.1) is 17.5 Å². The minimum Gasteiger partial charge on any atom is -0.205 e. The van der Waals surface area contributed by atoms with Crippen LogP contribution in [-0.4, -0.2) is 32.0 Å². The molecule has 0 unspecified atom stereocenters. The molecule has 20 heavy (non-hydrogen) atoms. The number of alkyl halides is 2. The van der Waals surface area contributed by atoms with Crippen molar-refractivity contribution in [2.24, 2.45) is 0 Å². The molecule has 1 aliphatic rings. The fourth-order valence-corrected chi connectivity index (χ4v) is 2.81. The molecule has 0 radical (unpaired) electrons. The standard InChI is InChI=1S/C12H12F2N2O3S/c1-9-2-4-11(5-3-9)20(17,18)19-16-8-12(13,14)6-10(16)7-15/h2-5,10H,6,8H2,1H3/t10-/m1/s1. The smallest absolute Gasteiger partial charge is 0.205 e. The molecule has 0 aliphatic carbocycles. The van der Waals surface area contributed by atoms with E-state index in [9.17, 15) is 17.2 Å². The SMILES string of the molecule is Cc1ccc(S(=O)(=O)ON2CC(F)(F)C[C@@H]2C#N)cc1. The maximum Gasteiger partial charge on any atom is 0.313 e. The first-order valence-electron chi connectivity index (χ1n) is 5.79. The van der Waals surface area contributed by atoms with E-state index in [0.29, 0.717) is 5.06 Å². The van der Waals surface area contributed by atoms with Crippen molar-refractivity contribution in [1.82, 2.24) is 5.06 Å². The third-order valence-electron chi connectivity index (χ3n) is 2.88. The van der Waals surface area contributed by atoms with Crippen LogP contribution in [0.5, 0.6) is 0 Å². The molecule has 0 bridgehead atoms. The minimum absolute atomic E-state index is 0.144.